The monoisotopic (exact) mass is 371 g/mol. The first kappa shape index (κ1) is 18.3. The third kappa shape index (κ3) is 3.44. The van der Waals surface area contributed by atoms with E-state index in [4.69, 9.17) is 20.9 Å². The lowest BCUT2D eigenvalue weighted by atomic mass is 10.1. The summed E-state index contributed by atoms with van der Waals surface area (Å²) in [7, 11) is 2.97. The predicted molar refractivity (Wildman–Crippen MR) is 98.7 cm³/mol. The summed E-state index contributed by atoms with van der Waals surface area (Å²) in [6.07, 6.45) is 0. The number of ether oxygens (including phenoxy) is 2. The molecule has 1 amide bonds. The predicted octanol–water partition coefficient (Wildman–Crippen LogP) is 2.09. The first-order valence-corrected chi connectivity index (χ1v) is 7.96. The molecule has 27 heavy (non-hydrogen) atoms. The van der Waals surface area contributed by atoms with Gasteiger partial charge in [-0.25, -0.2) is 4.39 Å². The molecule has 0 bridgehead atoms. The molecule has 0 atom stereocenters. The van der Waals surface area contributed by atoms with E-state index in [1.165, 1.54) is 26.4 Å². The van der Waals surface area contributed by atoms with Crippen molar-refractivity contribution in [3.05, 3.63) is 47.4 Å². The molecule has 140 valence electrons. The van der Waals surface area contributed by atoms with E-state index in [0.29, 0.717) is 28.0 Å². The quantitative estimate of drug-likeness (QED) is 0.606. The molecule has 0 fully saturated rings. The molecular weight excluding hydrogens is 353 g/mol. The van der Waals surface area contributed by atoms with Crippen LogP contribution < -0.4 is 26.3 Å². The maximum Gasteiger partial charge on any atom is 0.271 e. The maximum atomic E-state index is 14.4. The molecule has 9 heteroatoms. The fraction of sp³-hybridized carbons (Fsp3) is 0.167. The number of nitrogens with two attached hydrogens (primary N) is 2. The number of benzene rings is 2. The van der Waals surface area contributed by atoms with E-state index in [2.05, 4.69) is 15.5 Å². The second-order valence-corrected chi connectivity index (χ2v) is 5.66. The Kier molecular flexibility index (Phi) is 5.04. The van der Waals surface area contributed by atoms with E-state index in [1.807, 2.05) is 0 Å². The molecule has 0 aliphatic rings. The summed E-state index contributed by atoms with van der Waals surface area (Å²) in [6.45, 7) is 0.209. The number of rotatable bonds is 6. The number of carbonyl (C=O) groups is 1. The SMILES string of the molecule is COc1cc2nnc(C(N)=O)c(Nc3ccc(CN)cc3F)c2cc1OC. The highest BCUT2D eigenvalue weighted by atomic mass is 19.1. The number of methoxy groups -OCH3 is 2. The highest BCUT2D eigenvalue weighted by Gasteiger charge is 2.19. The number of halogens is 1. The van der Waals surface area contributed by atoms with Crippen molar-refractivity contribution in [1.29, 1.82) is 0 Å². The molecule has 3 aromatic rings. The van der Waals surface area contributed by atoms with Gasteiger partial charge in [0.25, 0.3) is 5.91 Å². The zero-order valence-corrected chi connectivity index (χ0v) is 14.7. The lowest BCUT2D eigenvalue weighted by molar-refractivity contribution is 0.0995. The van der Waals surface area contributed by atoms with E-state index < -0.39 is 11.7 Å². The maximum absolute atomic E-state index is 14.4. The zero-order chi connectivity index (χ0) is 19.6. The zero-order valence-electron chi connectivity index (χ0n) is 14.7. The fourth-order valence-electron chi connectivity index (χ4n) is 2.65. The summed E-state index contributed by atoms with van der Waals surface area (Å²) >= 11 is 0. The van der Waals surface area contributed by atoms with Gasteiger partial charge >= 0.3 is 0 Å². The van der Waals surface area contributed by atoms with Crippen LogP contribution in [0.3, 0.4) is 0 Å². The van der Waals surface area contributed by atoms with Crippen LogP contribution >= 0.6 is 0 Å². The third-order valence-corrected chi connectivity index (χ3v) is 4.03. The van der Waals surface area contributed by atoms with Crippen LogP contribution in [-0.4, -0.2) is 30.3 Å². The van der Waals surface area contributed by atoms with Crippen molar-refractivity contribution in [2.75, 3.05) is 19.5 Å². The van der Waals surface area contributed by atoms with Crippen molar-refractivity contribution in [2.45, 2.75) is 6.54 Å². The molecule has 0 spiro atoms. The molecule has 1 heterocycles. The van der Waals surface area contributed by atoms with Gasteiger partial charge in [-0.1, -0.05) is 6.07 Å². The van der Waals surface area contributed by atoms with Crippen LogP contribution in [0.25, 0.3) is 10.9 Å². The van der Waals surface area contributed by atoms with Crippen molar-refractivity contribution in [1.82, 2.24) is 10.2 Å². The number of aromatic nitrogens is 2. The summed E-state index contributed by atoms with van der Waals surface area (Å²) in [6, 6.07) is 7.73. The van der Waals surface area contributed by atoms with E-state index in [0.717, 1.165) is 0 Å². The highest BCUT2D eigenvalue weighted by molar-refractivity contribution is 6.06. The van der Waals surface area contributed by atoms with Gasteiger partial charge in [0.1, 0.15) is 5.82 Å². The summed E-state index contributed by atoms with van der Waals surface area (Å²) in [5.41, 5.74) is 12.2. The van der Waals surface area contributed by atoms with Crippen molar-refractivity contribution < 1.29 is 18.7 Å². The van der Waals surface area contributed by atoms with Crippen LogP contribution in [-0.2, 0) is 6.54 Å². The lowest BCUT2D eigenvalue weighted by Gasteiger charge is -2.15. The number of primary amides is 1. The number of fused-ring (bicyclic) bond motifs is 1. The molecule has 0 aliphatic heterocycles. The van der Waals surface area contributed by atoms with E-state index in [-0.39, 0.29) is 23.6 Å². The second kappa shape index (κ2) is 7.42. The van der Waals surface area contributed by atoms with Crippen LogP contribution in [0.1, 0.15) is 16.1 Å². The van der Waals surface area contributed by atoms with Gasteiger partial charge in [0.2, 0.25) is 0 Å². The highest BCUT2D eigenvalue weighted by Crippen LogP contribution is 2.36. The molecule has 0 saturated carbocycles. The van der Waals surface area contributed by atoms with E-state index >= 15 is 0 Å². The van der Waals surface area contributed by atoms with Crippen LogP contribution in [0.5, 0.6) is 11.5 Å². The Morgan fingerprint density at radius 2 is 1.85 bits per heavy atom. The van der Waals surface area contributed by atoms with Gasteiger partial charge in [0, 0.05) is 18.0 Å². The number of carbonyl (C=O) groups excluding carboxylic acids is 1. The molecule has 0 unspecified atom stereocenters. The van der Waals surface area contributed by atoms with Crippen LogP contribution in [0.2, 0.25) is 0 Å². The Hall–Kier alpha value is -3.46. The van der Waals surface area contributed by atoms with Crippen molar-refractivity contribution in [3.8, 4) is 11.5 Å². The molecule has 2 aromatic carbocycles. The van der Waals surface area contributed by atoms with E-state index in [1.54, 1.807) is 18.2 Å². The van der Waals surface area contributed by atoms with Crippen molar-refractivity contribution in [2.24, 2.45) is 11.5 Å². The largest absolute Gasteiger partial charge is 0.493 e. The van der Waals surface area contributed by atoms with Crippen molar-refractivity contribution in [3.63, 3.8) is 0 Å². The Morgan fingerprint density at radius 1 is 1.15 bits per heavy atom. The summed E-state index contributed by atoms with van der Waals surface area (Å²) < 4.78 is 25.0. The molecular formula is C18H18FN5O3. The Bertz CT molecular complexity index is 1030. The number of nitrogens with one attached hydrogen (secondary N) is 1. The number of hydrogen-bond donors (Lipinski definition) is 3. The minimum absolute atomic E-state index is 0.128. The van der Waals surface area contributed by atoms with Gasteiger partial charge in [-0.2, -0.15) is 0 Å². The summed E-state index contributed by atoms with van der Waals surface area (Å²) in [5, 5.41) is 11.2. The molecule has 1 aromatic heterocycles. The number of anilines is 2. The first-order valence-electron chi connectivity index (χ1n) is 7.96. The van der Waals surface area contributed by atoms with Gasteiger partial charge < -0.3 is 26.3 Å². The van der Waals surface area contributed by atoms with Gasteiger partial charge in [0.15, 0.2) is 17.2 Å². The summed E-state index contributed by atoms with van der Waals surface area (Å²) in [4.78, 5) is 11.8. The van der Waals surface area contributed by atoms with Crippen LogP contribution in [0.15, 0.2) is 30.3 Å². The Labute approximate surface area is 154 Å². The minimum Gasteiger partial charge on any atom is -0.493 e. The first-order chi connectivity index (χ1) is 13.0. The van der Waals surface area contributed by atoms with Crippen LogP contribution in [0, 0.1) is 5.82 Å². The Balaban J connectivity index is 2.22. The molecule has 8 nitrogen and oxygen atoms in total. The number of amides is 1. The summed E-state index contributed by atoms with van der Waals surface area (Å²) in [5.74, 6) is -0.481. The third-order valence-electron chi connectivity index (χ3n) is 4.03. The fourth-order valence-corrected chi connectivity index (χ4v) is 2.65. The van der Waals surface area contributed by atoms with Crippen molar-refractivity contribution >= 4 is 28.2 Å². The lowest BCUT2D eigenvalue weighted by Crippen LogP contribution is -2.17. The molecule has 0 radical (unpaired) electrons. The molecule has 3 rings (SSSR count). The van der Waals surface area contributed by atoms with E-state index in [9.17, 15) is 9.18 Å². The average molecular weight is 371 g/mol. The molecule has 5 N–H and O–H groups in total. The minimum atomic E-state index is -0.805. The number of nitrogens with zero attached hydrogens (tertiary/aromatic N) is 2. The standard InChI is InChI=1S/C18H18FN5O3/c1-26-14-6-10-13(7-15(14)27-2)23-24-17(18(21)25)16(10)22-12-4-3-9(8-20)5-11(12)19/h3-7H,8,20H2,1-2H3,(H2,21,25)(H,22,23). The van der Waals surface area contributed by atoms with Gasteiger partial charge in [-0.15, -0.1) is 10.2 Å². The molecule has 0 saturated heterocycles. The number of hydrogen-bond acceptors (Lipinski definition) is 7. The average Bonchev–Trinajstić information content (AvgIpc) is 2.68. The van der Waals surface area contributed by atoms with Gasteiger partial charge in [0.05, 0.1) is 31.1 Å². The second-order valence-electron chi connectivity index (χ2n) is 5.66. The normalized spacial score (nSPS) is 10.7. The van der Waals surface area contributed by atoms with Crippen LogP contribution in [0.4, 0.5) is 15.8 Å². The molecule has 0 aliphatic carbocycles. The topological polar surface area (TPSA) is 125 Å². The van der Waals surface area contributed by atoms with Gasteiger partial charge in [-0.05, 0) is 23.8 Å². The Morgan fingerprint density at radius 3 is 2.44 bits per heavy atom. The smallest absolute Gasteiger partial charge is 0.271 e. The van der Waals surface area contributed by atoms with Gasteiger partial charge in [-0.3, -0.25) is 4.79 Å².